The van der Waals surface area contributed by atoms with Gasteiger partial charge in [-0.15, -0.1) is 0 Å². The first-order chi connectivity index (χ1) is 12.6. The number of likely N-dealkylation sites (tertiary alicyclic amines) is 1. The first kappa shape index (κ1) is 21.8. The van der Waals surface area contributed by atoms with Crippen LogP contribution in [0, 0.1) is 5.92 Å². The zero-order valence-corrected chi connectivity index (χ0v) is 17.9. The molecule has 7 heteroatoms. The van der Waals surface area contributed by atoms with E-state index in [1.165, 1.54) is 0 Å². The van der Waals surface area contributed by atoms with E-state index in [2.05, 4.69) is 0 Å². The molecule has 5 nitrogen and oxygen atoms in total. The maximum absolute atomic E-state index is 12.7. The Balaban J connectivity index is 1.93. The van der Waals surface area contributed by atoms with Gasteiger partial charge >= 0.3 is 6.09 Å². The Hall–Kier alpha value is -1.46. The molecule has 2 rings (SSSR count). The van der Waals surface area contributed by atoms with Crippen molar-refractivity contribution < 1.29 is 14.3 Å². The molecule has 2 amide bonds. The molecule has 1 atom stereocenters. The SMILES string of the molecule is CN(CC1CCCN(C(=O)Cc2c(Cl)cccc2Cl)C1)C(=O)OC(C)(C)C. The Kier molecular flexibility index (Phi) is 7.40. The molecule has 1 aliphatic rings. The summed E-state index contributed by atoms with van der Waals surface area (Å²) < 4.78 is 5.40. The minimum atomic E-state index is -0.520. The lowest BCUT2D eigenvalue weighted by Gasteiger charge is -2.35. The van der Waals surface area contributed by atoms with Crippen LogP contribution in [0.2, 0.25) is 10.0 Å². The van der Waals surface area contributed by atoms with E-state index >= 15 is 0 Å². The summed E-state index contributed by atoms with van der Waals surface area (Å²) in [7, 11) is 1.73. The molecule has 1 aliphatic heterocycles. The molecule has 0 spiro atoms. The summed E-state index contributed by atoms with van der Waals surface area (Å²) in [5.74, 6) is 0.233. The molecule has 0 aliphatic carbocycles. The fourth-order valence-corrected chi connectivity index (χ4v) is 3.74. The predicted molar refractivity (Wildman–Crippen MR) is 108 cm³/mol. The Labute approximate surface area is 171 Å². The van der Waals surface area contributed by atoms with Crippen LogP contribution in [-0.4, -0.2) is 54.1 Å². The van der Waals surface area contributed by atoms with Crippen molar-refractivity contribution >= 4 is 35.2 Å². The molecule has 0 bridgehead atoms. The summed E-state index contributed by atoms with van der Waals surface area (Å²) in [5.41, 5.74) is 0.146. The fourth-order valence-electron chi connectivity index (χ4n) is 3.21. The summed E-state index contributed by atoms with van der Waals surface area (Å²) in [5, 5.41) is 1.02. The van der Waals surface area contributed by atoms with Crippen LogP contribution in [0.1, 0.15) is 39.2 Å². The maximum Gasteiger partial charge on any atom is 0.410 e. The molecule has 0 N–H and O–H groups in total. The van der Waals surface area contributed by atoms with Gasteiger partial charge in [-0.3, -0.25) is 4.79 Å². The van der Waals surface area contributed by atoms with Crippen LogP contribution in [-0.2, 0) is 16.0 Å². The minimum Gasteiger partial charge on any atom is -0.444 e. The Morgan fingerprint density at radius 2 is 1.89 bits per heavy atom. The van der Waals surface area contributed by atoms with E-state index in [9.17, 15) is 9.59 Å². The topological polar surface area (TPSA) is 49.9 Å². The van der Waals surface area contributed by atoms with E-state index in [0.29, 0.717) is 35.2 Å². The first-order valence-electron chi connectivity index (χ1n) is 9.21. The highest BCUT2D eigenvalue weighted by molar-refractivity contribution is 6.36. The van der Waals surface area contributed by atoms with Crippen molar-refractivity contribution in [1.29, 1.82) is 0 Å². The number of amides is 2. The number of halogens is 2. The molecule has 0 radical (unpaired) electrons. The highest BCUT2D eigenvalue weighted by Crippen LogP contribution is 2.26. The van der Waals surface area contributed by atoms with Crippen molar-refractivity contribution in [3.8, 4) is 0 Å². The second-order valence-electron chi connectivity index (χ2n) is 8.09. The van der Waals surface area contributed by atoms with E-state index in [4.69, 9.17) is 27.9 Å². The smallest absolute Gasteiger partial charge is 0.410 e. The van der Waals surface area contributed by atoms with Gasteiger partial charge in [-0.1, -0.05) is 29.3 Å². The number of rotatable bonds is 4. The van der Waals surface area contributed by atoms with E-state index in [-0.39, 0.29) is 24.3 Å². The number of benzene rings is 1. The number of hydrogen-bond donors (Lipinski definition) is 0. The number of hydrogen-bond acceptors (Lipinski definition) is 3. The largest absolute Gasteiger partial charge is 0.444 e. The van der Waals surface area contributed by atoms with Gasteiger partial charge in [0.15, 0.2) is 0 Å². The molecule has 1 aromatic carbocycles. The number of piperidine rings is 1. The molecular formula is C20H28Cl2N2O3. The summed E-state index contributed by atoms with van der Waals surface area (Å²) in [4.78, 5) is 28.3. The zero-order valence-electron chi connectivity index (χ0n) is 16.4. The molecule has 1 heterocycles. The van der Waals surface area contributed by atoms with Crippen LogP contribution in [0.15, 0.2) is 18.2 Å². The maximum atomic E-state index is 12.7. The Morgan fingerprint density at radius 1 is 1.26 bits per heavy atom. The number of carbonyl (C=O) groups excluding carboxylic acids is 2. The summed E-state index contributed by atoms with van der Waals surface area (Å²) in [6.45, 7) is 7.44. The van der Waals surface area contributed by atoms with Crippen LogP contribution in [0.4, 0.5) is 4.79 Å². The molecule has 0 saturated carbocycles. The molecule has 27 heavy (non-hydrogen) atoms. The van der Waals surface area contributed by atoms with Gasteiger partial charge in [0.25, 0.3) is 0 Å². The van der Waals surface area contributed by atoms with E-state index in [1.807, 2.05) is 25.7 Å². The summed E-state index contributed by atoms with van der Waals surface area (Å²) >= 11 is 12.4. The predicted octanol–water partition coefficient (Wildman–Crippen LogP) is 4.64. The molecule has 0 aromatic heterocycles. The number of carbonyl (C=O) groups is 2. The highest BCUT2D eigenvalue weighted by Gasteiger charge is 2.28. The third kappa shape index (κ3) is 6.58. The average Bonchev–Trinajstić information content (AvgIpc) is 2.57. The van der Waals surface area contributed by atoms with E-state index < -0.39 is 5.60 Å². The number of ether oxygens (including phenoxy) is 1. The van der Waals surface area contributed by atoms with Gasteiger partial charge in [-0.05, 0) is 57.2 Å². The summed E-state index contributed by atoms with van der Waals surface area (Å²) in [6, 6.07) is 5.25. The van der Waals surface area contributed by atoms with Crippen molar-refractivity contribution in [2.45, 2.75) is 45.6 Å². The van der Waals surface area contributed by atoms with Crippen LogP contribution < -0.4 is 0 Å². The molecule has 1 aromatic rings. The van der Waals surface area contributed by atoms with Gasteiger partial charge in [0.2, 0.25) is 5.91 Å². The molecule has 150 valence electrons. The quantitative estimate of drug-likeness (QED) is 0.720. The van der Waals surface area contributed by atoms with E-state index in [1.54, 1.807) is 30.1 Å². The molecular weight excluding hydrogens is 387 g/mol. The zero-order chi connectivity index (χ0) is 20.2. The third-order valence-corrected chi connectivity index (χ3v) is 5.21. The normalized spacial score (nSPS) is 17.6. The number of nitrogens with zero attached hydrogens (tertiary/aromatic N) is 2. The van der Waals surface area contributed by atoms with E-state index in [0.717, 1.165) is 12.8 Å². The van der Waals surface area contributed by atoms with Crippen molar-refractivity contribution in [3.05, 3.63) is 33.8 Å². The van der Waals surface area contributed by atoms with Gasteiger partial charge in [0.05, 0.1) is 6.42 Å². The standard InChI is InChI=1S/C20H28Cl2N2O3/c1-20(2,3)27-19(26)23(4)12-14-7-6-10-24(13-14)18(25)11-15-16(21)8-5-9-17(15)22/h5,8-9,14H,6-7,10-13H2,1-4H3. The fraction of sp³-hybridized carbons (Fsp3) is 0.600. The van der Waals surface area contributed by atoms with Crippen molar-refractivity contribution in [3.63, 3.8) is 0 Å². The lowest BCUT2D eigenvalue weighted by atomic mass is 9.97. The van der Waals surface area contributed by atoms with Crippen LogP contribution in [0.3, 0.4) is 0 Å². The molecule has 1 fully saturated rings. The third-order valence-electron chi connectivity index (χ3n) is 4.50. The molecule has 1 unspecified atom stereocenters. The minimum absolute atomic E-state index is 0.00891. The lowest BCUT2D eigenvalue weighted by Crippen LogP contribution is -2.45. The lowest BCUT2D eigenvalue weighted by molar-refractivity contribution is -0.132. The average molecular weight is 415 g/mol. The first-order valence-corrected chi connectivity index (χ1v) is 9.97. The van der Waals surface area contributed by atoms with Gasteiger partial charge in [0, 0.05) is 36.7 Å². The van der Waals surface area contributed by atoms with Gasteiger partial charge in [-0.2, -0.15) is 0 Å². The highest BCUT2D eigenvalue weighted by atomic mass is 35.5. The van der Waals surface area contributed by atoms with Crippen molar-refractivity contribution in [1.82, 2.24) is 9.80 Å². The second kappa shape index (κ2) is 9.16. The van der Waals surface area contributed by atoms with Gasteiger partial charge in [0.1, 0.15) is 5.60 Å². The molecule has 1 saturated heterocycles. The Bertz CT molecular complexity index is 668. The van der Waals surface area contributed by atoms with Crippen LogP contribution in [0.25, 0.3) is 0 Å². The van der Waals surface area contributed by atoms with Crippen molar-refractivity contribution in [2.75, 3.05) is 26.7 Å². The second-order valence-corrected chi connectivity index (χ2v) is 8.90. The van der Waals surface area contributed by atoms with Gasteiger partial charge < -0.3 is 14.5 Å². The Morgan fingerprint density at radius 3 is 2.48 bits per heavy atom. The van der Waals surface area contributed by atoms with Crippen molar-refractivity contribution in [2.24, 2.45) is 5.92 Å². The monoisotopic (exact) mass is 414 g/mol. The van der Waals surface area contributed by atoms with Crippen LogP contribution >= 0.6 is 23.2 Å². The summed E-state index contributed by atoms with van der Waals surface area (Å²) in [6.07, 6.45) is 1.74. The van der Waals surface area contributed by atoms with Gasteiger partial charge in [-0.25, -0.2) is 4.79 Å². The van der Waals surface area contributed by atoms with Crippen LogP contribution in [0.5, 0.6) is 0 Å².